The number of carbonyl (C=O) groups excluding carboxylic acids is 1. The van der Waals surface area contributed by atoms with E-state index in [1.54, 1.807) is 16.8 Å². The molecule has 27 heavy (non-hydrogen) atoms. The number of rotatable bonds is 3. The van der Waals surface area contributed by atoms with Gasteiger partial charge in [0.05, 0.1) is 15.9 Å². The molecule has 0 saturated carbocycles. The number of nitrogens with one attached hydrogen (secondary N) is 1. The van der Waals surface area contributed by atoms with Crippen LogP contribution in [0.25, 0.3) is 15.3 Å². The van der Waals surface area contributed by atoms with Crippen LogP contribution in [0.2, 0.25) is 0 Å². The van der Waals surface area contributed by atoms with Gasteiger partial charge in [-0.2, -0.15) is 9.78 Å². The van der Waals surface area contributed by atoms with Crippen LogP contribution in [-0.2, 0) is 0 Å². The first kappa shape index (κ1) is 17.4. The van der Waals surface area contributed by atoms with Gasteiger partial charge >= 0.3 is 0 Å². The van der Waals surface area contributed by atoms with E-state index < -0.39 is 11.7 Å². The zero-order valence-electron chi connectivity index (χ0n) is 15.1. The lowest BCUT2D eigenvalue weighted by molar-refractivity contribution is 0.102. The van der Waals surface area contributed by atoms with Crippen molar-refractivity contribution < 1.29 is 9.18 Å². The van der Waals surface area contributed by atoms with E-state index in [9.17, 15) is 9.18 Å². The average molecular weight is 380 g/mol. The fourth-order valence-corrected chi connectivity index (χ4v) is 3.82. The van der Waals surface area contributed by atoms with Crippen LogP contribution in [0.5, 0.6) is 0 Å². The molecule has 2 aromatic carbocycles. The van der Waals surface area contributed by atoms with Crippen LogP contribution in [0.15, 0.2) is 42.5 Å². The van der Waals surface area contributed by atoms with E-state index in [-0.39, 0.29) is 5.56 Å². The summed E-state index contributed by atoms with van der Waals surface area (Å²) < 4.78 is 16.1. The van der Waals surface area contributed by atoms with Gasteiger partial charge in [0, 0.05) is 11.6 Å². The Labute approximate surface area is 159 Å². The molecule has 1 N–H and O–H groups in total. The minimum atomic E-state index is -0.454. The van der Waals surface area contributed by atoms with Gasteiger partial charge in [-0.1, -0.05) is 17.4 Å². The van der Waals surface area contributed by atoms with Gasteiger partial charge in [0.15, 0.2) is 0 Å². The van der Waals surface area contributed by atoms with Gasteiger partial charge < -0.3 is 5.32 Å². The number of nitrogens with zero attached hydrogens (tertiary/aromatic N) is 3. The fraction of sp³-hybridized carbons (Fsp3) is 0.150. The second-order valence-corrected chi connectivity index (χ2v) is 7.46. The molecule has 0 fully saturated rings. The molecule has 0 radical (unpaired) electrons. The molecular weight excluding hydrogens is 363 g/mol. The first-order chi connectivity index (χ1) is 12.9. The van der Waals surface area contributed by atoms with Crippen LogP contribution in [-0.4, -0.2) is 20.7 Å². The van der Waals surface area contributed by atoms with Gasteiger partial charge in [-0.3, -0.25) is 4.79 Å². The maximum atomic E-state index is 13.4. The summed E-state index contributed by atoms with van der Waals surface area (Å²) in [6, 6.07) is 11.5. The van der Waals surface area contributed by atoms with E-state index in [1.807, 2.05) is 13.0 Å². The Bertz CT molecular complexity index is 1140. The van der Waals surface area contributed by atoms with Crippen LogP contribution in [0.1, 0.15) is 27.2 Å². The first-order valence-electron chi connectivity index (χ1n) is 8.42. The van der Waals surface area contributed by atoms with Crippen molar-refractivity contribution in [1.82, 2.24) is 14.8 Å². The molecule has 0 unspecified atom stereocenters. The molecule has 0 aliphatic carbocycles. The number of carbonyl (C=O) groups is 1. The van der Waals surface area contributed by atoms with Crippen LogP contribution < -0.4 is 5.32 Å². The Morgan fingerprint density at radius 2 is 1.89 bits per heavy atom. The van der Waals surface area contributed by atoms with Crippen molar-refractivity contribution in [3.8, 4) is 5.13 Å². The number of fused-ring (bicyclic) bond motifs is 1. The predicted molar refractivity (Wildman–Crippen MR) is 105 cm³/mol. The summed E-state index contributed by atoms with van der Waals surface area (Å²) in [5, 5.41) is 7.93. The highest BCUT2D eigenvalue weighted by atomic mass is 32.1. The number of hydrogen-bond acceptors (Lipinski definition) is 4. The SMILES string of the molecule is Cc1cc(NC(=O)c2cccc(F)c2)n(-c2nc3cc(C)c(C)cc3s2)n1. The second-order valence-electron chi connectivity index (χ2n) is 6.45. The van der Waals surface area contributed by atoms with E-state index in [0.717, 1.165) is 15.9 Å². The largest absolute Gasteiger partial charge is 0.306 e. The Balaban J connectivity index is 1.72. The molecule has 4 rings (SSSR count). The van der Waals surface area contributed by atoms with Gasteiger partial charge in [-0.05, 0) is 62.2 Å². The lowest BCUT2D eigenvalue weighted by Crippen LogP contribution is -2.15. The number of amides is 1. The normalized spacial score (nSPS) is 11.1. The van der Waals surface area contributed by atoms with E-state index in [0.29, 0.717) is 10.9 Å². The van der Waals surface area contributed by atoms with Gasteiger partial charge in [0.1, 0.15) is 11.6 Å². The molecule has 2 aromatic heterocycles. The number of benzene rings is 2. The van der Waals surface area contributed by atoms with Gasteiger partial charge in [0.2, 0.25) is 5.13 Å². The van der Waals surface area contributed by atoms with E-state index >= 15 is 0 Å². The molecule has 2 heterocycles. The molecule has 0 aliphatic rings. The lowest BCUT2D eigenvalue weighted by Gasteiger charge is -2.06. The Kier molecular flexibility index (Phi) is 4.24. The fourth-order valence-electron chi connectivity index (χ4n) is 2.81. The molecule has 0 bridgehead atoms. The molecule has 0 atom stereocenters. The van der Waals surface area contributed by atoms with Crippen molar-refractivity contribution in [2.75, 3.05) is 5.32 Å². The molecule has 4 aromatic rings. The van der Waals surface area contributed by atoms with E-state index in [2.05, 4.69) is 35.3 Å². The molecule has 136 valence electrons. The number of hydrogen-bond donors (Lipinski definition) is 1. The minimum Gasteiger partial charge on any atom is -0.306 e. The monoisotopic (exact) mass is 380 g/mol. The maximum absolute atomic E-state index is 13.4. The number of halogens is 1. The molecule has 0 aliphatic heterocycles. The number of aromatic nitrogens is 3. The smallest absolute Gasteiger partial charge is 0.256 e. The van der Waals surface area contributed by atoms with Gasteiger partial charge in [-0.25, -0.2) is 9.37 Å². The summed E-state index contributed by atoms with van der Waals surface area (Å²) in [6.07, 6.45) is 0. The average Bonchev–Trinajstić information content (AvgIpc) is 3.18. The lowest BCUT2D eigenvalue weighted by atomic mass is 10.1. The highest BCUT2D eigenvalue weighted by molar-refractivity contribution is 7.20. The number of thiazole rings is 1. The summed E-state index contributed by atoms with van der Waals surface area (Å²) >= 11 is 1.50. The van der Waals surface area contributed by atoms with Crippen LogP contribution in [0, 0.1) is 26.6 Å². The van der Waals surface area contributed by atoms with Crippen LogP contribution >= 0.6 is 11.3 Å². The zero-order valence-corrected chi connectivity index (χ0v) is 15.9. The van der Waals surface area contributed by atoms with Crippen LogP contribution in [0.4, 0.5) is 10.2 Å². The van der Waals surface area contributed by atoms with Crippen LogP contribution in [0.3, 0.4) is 0 Å². The maximum Gasteiger partial charge on any atom is 0.256 e. The van der Waals surface area contributed by atoms with Gasteiger partial charge in [0.25, 0.3) is 5.91 Å². The minimum absolute atomic E-state index is 0.246. The predicted octanol–water partition coefficient (Wildman–Crippen LogP) is 4.80. The first-order valence-corrected chi connectivity index (χ1v) is 9.24. The molecule has 0 spiro atoms. The highest BCUT2D eigenvalue weighted by Gasteiger charge is 2.16. The summed E-state index contributed by atoms with van der Waals surface area (Å²) in [5.41, 5.74) is 4.27. The van der Waals surface area contributed by atoms with Gasteiger partial charge in [-0.15, -0.1) is 0 Å². The third-order valence-electron chi connectivity index (χ3n) is 4.33. The number of anilines is 1. The molecule has 7 heteroatoms. The Morgan fingerprint density at radius 3 is 2.67 bits per heavy atom. The van der Waals surface area contributed by atoms with E-state index in [1.165, 1.54) is 40.7 Å². The number of aryl methyl sites for hydroxylation is 3. The standard InChI is InChI=1S/C20H17FN4OS/c1-11-7-16-17(8-12(11)2)27-20(22-16)25-18(9-13(3)24-25)23-19(26)14-5-4-6-15(21)10-14/h4-10H,1-3H3,(H,23,26). The summed E-state index contributed by atoms with van der Waals surface area (Å²) in [5.74, 6) is -0.359. The van der Waals surface area contributed by atoms with E-state index in [4.69, 9.17) is 0 Å². The second kappa shape index (κ2) is 6.59. The summed E-state index contributed by atoms with van der Waals surface area (Å²) in [6.45, 7) is 5.96. The third-order valence-corrected chi connectivity index (χ3v) is 5.33. The van der Waals surface area contributed by atoms with Crippen molar-refractivity contribution in [1.29, 1.82) is 0 Å². The Morgan fingerprint density at radius 1 is 1.11 bits per heavy atom. The summed E-state index contributed by atoms with van der Waals surface area (Å²) in [4.78, 5) is 17.1. The summed E-state index contributed by atoms with van der Waals surface area (Å²) in [7, 11) is 0. The topological polar surface area (TPSA) is 59.8 Å². The highest BCUT2D eigenvalue weighted by Crippen LogP contribution is 2.29. The van der Waals surface area contributed by atoms with Crippen molar-refractivity contribution in [2.45, 2.75) is 20.8 Å². The zero-order chi connectivity index (χ0) is 19.1. The van der Waals surface area contributed by atoms with Crippen molar-refractivity contribution in [2.24, 2.45) is 0 Å². The molecule has 0 saturated heterocycles. The molecular formula is C20H17FN4OS. The van der Waals surface area contributed by atoms with Crippen molar-refractivity contribution in [3.05, 3.63) is 70.7 Å². The third kappa shape index (κ3) is 3.33. The van der Waals surface area contributed by atoms with Crippen molar-refractivity contribution >= 4 is 33.3 Å². The quantitative estimate of drug-likeness (QED) is 0.555. The molecule has 5 nitrogen and oxygen atoms in total. The molecule has 1 amide bonds. The van der Waals surface area contributed by atoms with Crippen molar-refractivity contribution in [3.63, 3.8) is 0 Å². The Hall–Kier alpha value is -3.06.